The maximum absolute atomic E-state index is 13.1. The Hall–Kier alpha value is -3.04. The Bertz CT molecular complexity index is 805. The number of benzene rings is 1. The third-order valence-corrected chi connectivity index (χ3v) is 3.95. The number of alkyl halides is 3. The molecule has 0 radical (unpaired) electrons. The molecule has 28 heavy (non-hydrogen) atoms. The Balaban J connectivity index is 2.28. The van der Waals surface area contributed by atoms with E-state index in [0.717, 1.165) is 18.2 Å². The Morgan fingerprint density at radius 3 is 2.39 bits per heavy atom. The van der Waals surface area contributed by atoms with E-state index in [9.17, 15) is 27.6 Å². The lowest BCUT2D eigenvalue weighted by molar-refractivity contribution is -0.139. The zero-order chi connectivity index (χ0) is 20.9. The van der Waals surface area contributed by atoms with Crippen LogP contribution in [-0.2, 0) is 20.4 Å². The monoisotopic (exact) mass is 400 g/mol. The summed E-state index contributed by atoms with van der Waals surface area (Å²) >= 11 is 0. The van der Waals surface area contributed by atoms with Gasteiger partial charge in [-0.2, -0.15) is 13.2 Å². The Morgan fingerprint density at radius 1 is 1.11 bits per heavy atom. The van der Waals surface area contributed by atoms with Gasteiger partial charge in [-0.25, -0.2) is 14.4 Å². The summed E-state index contributed by atoms with van der Waals surface area (Å²) < 4.78 is 49.1. The first kappa shape index (κ1) is 21.3. The fourth-order valence-corrected chi connectivity index (χ4v) is 2.70. The SMILES string of the molecule is CCOC(=O)C1=C(COC(=O)c2ccccc2C(F)(F)F)NC(=O)N[C@@H]1CC. The Morgan fingerprint density at radius 2 is 1.79 bits per heavy atom. The van der Waals surface area contributed by atoms with Crippen molar-refractivity contribution in [1.29, 1.82) is 0 Å². The Labute approximate surface area is 158 Å². The van der Waals surface area contributed by atoms with Gasteiger partial charge in [-0.15, -0.1) is 0 Å². The molecule has 0 saturated carbocycles. The summed E-state index contributed by atoms with van der Waals surface area (Å²) in [6.07, 6.45) is -4.38. The van der Waals surface area contributed by atoms with Gasteiger partial charge in [0.15, 0.2) is 0 Å². The van der Waals surface area contributed by atoms with E-state index in [4.69, 9.17) is 9.47 Å². The quantitative estimate of drug-likeness (QED) is 0.717. The van der Waals surface area contributed by atoms with Crippen molar-refractivity contribution < 1.29 is 37.0 Å². The van der Waals surface area contributed by atoms with Gasteiger partial charge in [0, 0.05) is 0 Å². The lowest BCUT2D eigenvalue weighted by atomic mass is 10.0. The van der Waals surface area contributed by atoms with Gasteiger partial charge in [-0.05, 0) is 25.5 Å². The summed E-state index contributed by atoms with van der Waals surface area (Å²) in [7, 11) is 0. The van der Waals surface area contributed by atoms with Crippen LogP contribution in [-0.4, -0.2) is 37.2 Å². The molecule has 0 spiro atoms. The number of hydrogen-bond donors (Lipinski definition) is 2. The first-order valence-electron chi connectivity index (χ1n) is 8.50. The van der Waals surface area contributed by atoms with Gasteiger partial charge >= 0.3 is 24.1 Å². The predicted octanol–water partition coefficient (Wildman–Crippen LogP) is 2.77. The van der Waals surface area contributed by atoms with Crippen molar-refractivity contribution in [2.45, 2.75) is 32.5 Å². The van der Waals surface area contributed by atoms with Crippen LogP contribution >= 0.6 is 0 Å². The smallest absolute Gasteiger partial charge is 0.417 e. The van der Waals surface area contributed by atoms with E-state index >= 15 is 0 Å². The van der Waals surface area contributed by atoms with Crippen molar-refractivity contribution in [2.24, 2.45) is 0 Å². The van der Waals surface area contributed by atoms with E-state index in [0.29, 0.717) is 6.42 Å². The minimum absolute atomic E-state index is 0.0353. The highest BCUT2D eigenvalue weighted by atomic mass is 19.4. The third kappa shape index (κ3) is 4.81. The highest BCUT2D eigenvalue weighted by Crippen LogP contribution is 2.32. The van der Waals surface area contributed by atoms with Gasteiger partial charge in [0.05, 0.1) is 35.0 Å². The fourth-order valence-electron chi connectivity index (χ4n) is 2.70. The van der Waals surface area contributed by atoms with Crippen LogP contribution in [0, 0.1) is 0 Å². The molecule has 2 amide bonds. The first-order chi connectivity index (χ1) is 13.2. The van der Waals surface area contributed by atoms with Crippen molar-refractivity contribution >= 4 is 18.0 Å². The number of amides is 2. The maximum atomic E-state index is 13.1. The van der Waals surface area contributed by atoms with Gasteiger partial charge < -0.3 is 20.1 Å². The zero-order valence-corrected chi connectivity index (χ0v) is 15.2. The zero-order valence-electron chi connectivity index (χ0n) is 15.2. The van der Waals surface area contributed by atoms with Gasteiger partial charge in [-0.3, -0.25) is 0 Å². The number of urea groups is 1. The molecular formula is C18H19F3N2O5. The number of hydrogen-bond acceptors (Lipinski definition) is 5. The van der Waals surface area contributed by atoms with Gasteiger partial charge in [0.1, 0.15) is 6.61 Å². The molecular weight excluding hydrogens is 381 g/mol. The van der Waals surface area contributed by atoms with Crippen molar-refractivity contribution in [3.8, 4) is 0 Å². The minimum atomic E-state index is -4.73. The number of ether oxygens (including phenoxy) is 2. The van der Waals surface area contributed by atoms with Crippen LogP contribution in [0.5, 0.6) is 0 Å². The normalized spacial score (nSPS) is 16.9. The molecule has 1 atom stereocenters. The van der Waals surface area contributed by atoms with E-state index < -0.39 is 47.9 Å². The molecule has 7 nitrogen and oxygen atoms in total. The van der Waals surface area contributed by atoms with E-state index in [2.05, 4.69) is 10.6 Å². The molecule has 0 bridgehead atoms. The maximum Gasteiger partial charge on any atom is 0.417 e. The lowest BCUT2D eigenvalue weighted by Crippen LogP contribution is -2.51. The van der Waals surface area contributed by atoms with E-state index in [-0.39, 0.29) is 17.9 Å². The number of nitrogens with one attached hydrogen (secondary N) is 2. The van der Waals surface area contributed by atoms with Crippen molar-refractivity contribution in [2.75, 3.05) is 13.2 Å². The number of esters is 2. The van der Waals surface area contributed by atoms with Crippen molar-refractivity contribution in [1.82, 2.24) is 10.6 Å². The van der Waals surface area contributed by atoms with E-state index in [1.807, 2.05) is 0 Å². The summed E-state index contributed by atoms with van der Waals surface area (Å²) in [5.74, 6) is -1.95. The Kier molecular flexibility index (Phi) is 6.66. The summed E-state index contributed by atoms with van der Waals surface area (Å²) in [4.78, 5) is 36.2. The van der Waals surface area contributed by atoms with Crippen molar-refractivity contribution in [3.63, 3.8) is 0 Å². The second-order valence-corrected chi connectivity index (χ2v) is 5.79. The van der Waals surface area contributed by atoms with Crippen LogP contribution in [0.2, 0.25) is 0 Å². The number of rotatable bonds is 6. The highest BCUT2D eigenvalue weighted by Gasteiger charge is 2.36. The summed E-state index contributed by atoms with van der Waals surface area (Å²) in [6, 6.07) is 2.88. The molecule has 1 aromatic rings. The molecule has 2 rings (SSSR count). The van der Waals surface area contributed by atoms with Crippen LogP contribution in [0.15, 0.2) is 35.5 Å². The lowest BCUT2D eigenvalue weighted by Gasteiger charge is -2.28. The molecule has 0 aromatic heterocycles. The topological polar surface area (TPSA) is 93.7 Å². The van der Waals surface area contributed by atoms with E-state index in [1.54, 1.807) is 13.8 Å². The van der Waals surface area contributed by atoms with Crippen LogP contribution in [0.3, 0.4) is 0 Å². The molecule has 1 heterocycles. The van der Waals surface area contributed by atoms with Gasteiger partial charge in [-0.1, -0.05) is 19.1 Å². The number of carbonyl (C=O) groups excluding carboxylic acids is 3. The highest BCUT2D eigenvalue weighted by molar-refractivity contribution is 5.95. The number of halogens is 3. The summed E-state index contributed by atoms with van der Waals surface area (Å²) in [6.45, 7) is 2.81. The summed E-state index contributed by atoms with van der Waals surface area (Å²) in [5, 5.41) is 4.89. The second kappa shape index (κ2) is 8.77. The molecule has 0 fully saturated rings. The predicted molar refractivity (Wildman–Crippen MR) is 91.1 cm³/mol. The third-order valence-electron chi connectivity index (χ3n) is 3.95. The second-order valence-electron chi connectivity index (χ2n) is 5.79. The van der Waals surface area contributed by atoms with Crippen LogP contribution in [0.4, 0.5) is 18.0 Å². The minimum Gasteiger partial charge on any atom is -0.463 e. The fraction of sp³-hybridized carbons (Fsp3) is 0.389. The number of carbonyl (C=O) groups is 3. The molecule has 152 valence electrons. The standard InChI is InChI=1S/C18H19F3N2O5/c1-3-12-14(16(25)27-4-2)13(23-17(26)22-12)9-28-15(24)10-7-5-6-8-11(10)18(19,20)21/h5-8,12H,3-4,9H2,1-2H3,(H2,22,23,26)/t12-/m1/s1. The van der Waals surface area contributed by atoms with Crippen LogP contribution in [0.25, 0.3) is 0 Å². The molecule has 0 aliphatic carbocycles. The first-order valence-corrected chi connectivity index (χ1v) is 8.50. The molecule has 10 heteroatoms. The molecule has 0 saturated heterocycles. The molecule has 1 aliphatic rings. The molecule has 1 aromatic carbocycles. The van der Waals surface area contributed by atoms with Crippen LogP contribution < -0.4 is 10.6 Å². The molecule has 1 aliphatic heterocycles. The van der Waals surface area contributed by atoms with Crippen molar-refractivity contribution in [3.05, 3.63) is 46.7 Å². The largest absolute Gasteiger partial charge is 0.463 e. The van der Waals surface area contributed by atoms with Crippen LogP contribution in [0.1, 0.15) is 36.2 Å². The summed E-state index contributed by atoms with van der Waals surface area (Å²) in [5.41, 5.74) is -1.78. The average Bonchev–Trinajstić information content (AvgIpc) is 2.64. The van der Waals surface area contributed by atoms with Gasteiger partial charge in [0.25, 0.3) is 0 Å². The molecule has 2 N–H and O–H groups in total. The molecule has 0 unspecified atom stereocenters. The average molecular weight is 400 g/mol. The van der Waals surface area contributed by atoms with E-state index in [1.165, 1.54) is 6.07 Å². The van der Waals surface area contributed by atoms with Gasteiger partial charge in [0.2, 0.25) is 0 Å².